The highest BCUT2D eigenvalue weighted by atomic mass is 32.2. The molecule has 0 saturated carbocycles. The van der Waals surface area contributed by atoms with Crippen LogP contribution >= 0.6 is 14.5 Å². The van der Waals surface area contributed by atoms with Gasteiger partial charge >= 0.3 is 0 Å². The lowest BCUT2D eigenvalue weighted by atomic mass is 10.1. The van der Waals surface area contributed by atoms with Crippen molar-refractivity contribution in [1.29, 1.82) is 0 Å². The average Bonchev–Trinajstić information content (AvgIpc) is 3.82. The van der Waals surface area contributed by atoms with Crippen molar-refractivity contribution in [1.82, 2.24) is 19.6 Å². The molecule has 19 nitrogen and oxygen atoms in total. The number of hydrogen-bond acceptors (Lipinski definition) is 17. The Labute approximate surface area is 445 Å². The minimum absolute atomic E-state index is 0.00999. The molecule has 0 aliphatic carbocycles. The van der Waals surface area contributed by atoms with Crippen LogP contribution in [0.15, 0.2) is 107 Å². The monoisotopic (exact) mass is 1130 g/mol. The largest absolute Gasteiger partial charge is 0.488 e. The van der Waals surface area contributed by atoms with E-state index in [-0.39, 0.29) is 59.0 Å². The number of nitrogens with zero attached hydrogens (tertiary/aromatic N) is 4. The molecule has 0 aliphatic rings. The summed E-state index contributed by atoms with van der Waals surface area (Å²) in [4.78, 5) is 27.0. The van der Waals surface area contributed by atoms with Crippen LogP contribution in [0, 0.1) is 13.8 Å². The van der Waals surface area contributed by atoms with Crippen molar-refractivity contribution >= 4 is 45.8 Å². The Morgan fingerprint density at radius 2 is 1.04 bits per heavy atom. The van der Waals surface area contributed by atoms with Gasteiger partial charge in [-0.2, -0.15) is 10.2 Å². The molecular formula is C53H68N4O15P2S2. The minimum atomic E-state index is -3.34. The molecule has 2 heterocycles. The van der Waals surface area contributed by atoms with Gasteiger partial charge in [-0.15, -0.1) is 0 Å². The van der Waals surface area contributed by atoms with Crippen molar-refractivity contribution in [2.75, 3.05) is 66.5 Å². The van der Waals surface area contributed by atoms with E-state index in [4.69, 9.17) is 32.9 Å². The molecule has 412 valence electrons. The summed E-state index contributed by atoms with van der Waals surface area (Å²) in [6, 6.07) is 25.4. The van der Waals surface area contributed by atoms with Crippen LogP contribution in [-0.2, 0) is 68.2 Å². The minimum Gasteiger partial charge on any atom is -0.488 e. The number of Topliss-reactive ketones (excluding diaryl/α,β-unsaturated/α-hetero) is 2. The number of ketones is 2. The van der Waals surface area contributed by atoms with Crippen molar-refractivity contribution in [2.45, 2.75) is 82.0 Å². The summed E-state index contributed by atoms with van der Waals surface area (Å²) in [7, 11) is -8.80. The van der Waals surface area contributed by atoms with Gasteiger partial charge in [0.15, 0.2) is 31.2 Å². The zero-order chi connectivity index (χ0) is 56.2. The van der Waals surface area contributed by atoms with Gasteiger partial charge in [-0.25, -0.2) is 16.8 Å². The van der Waals surface area contributed by atoms with E-state index in [9.17, 15) is 35.6 Å². The number of benzene rings is 4. The first-order valence-corrected chi connectivity index (χ1v) is 32.8. The van der Waals surface area contributed by atoms with Crippen molar-refractivity contribution < 1.29 is 68.5 Å². The van der Waals surface area contributed by atoms with E-state index in [2.05, 4.69) is 10.2 Å². The molecule has 4 aromatic carbocycles. The quantitative estimate of drug-likeness (QED) is 0.0363. The Kier molecular flexibility index (Phi) is 21.2. The van der Waals surface area contributed by atoms with E-state index in [1.807, 2.05) is 33.8 Å². The lowest BCUT2D eigenvalue weighted by Crippen LogP contribution is -2.18. The summed E-state index contributed by atoms with van der Waals surface area (Å²) in [6.45, 7) is 15.1. The maximum atomic E-state index is 13.4. The standard InChI is InChI=1S/C27H35N2O8PS.C26H33N2O7PS/c1-7-35-38(5,31)18-29-19(2)12-22(28-29)15-27(30)21-13-24(36-20(3)17-34-4)16-25(14-21)37-23-8-10-26(11-9-23)39(6,32)33;1-18-11-21(28(27-18)17-36(4,5)30)14-26(29)20-12-23(34-19(2)16-33-3)15-24(13-20)35-22-7-9-25(10-8-22)37(6,31)32/h8-14,16,20H,7,15,17-18H2,1-6H3;7-13,15,19H,14,16-17H2,1-6H3/t20-,38?;19-/m00/s1. The van der Waals surface area contributed by atoms with Crippen LogP contribution in [0.5, 0.6) is 34.5 Å². The van der Waals surface area contributed by atoms with E-state index >= 15 is 0 Å². The van der Waals surface area contributed by atoms with Crippen LogP contribution < -0.4 is 18.9 Å². The fourth-order valence-corrected chi connectivity index (χ4v) is 11.1. The number of hydrogen-bond donors (Lipinski definition) is 0. The number of rotatable bonds is 26. The first-order chi connectivity index (χ1) is 35.5. The molecule has 0 aliphatic heterocycles. The normalized spacial score (nSPS) is 13.4. The predicted molar refractivity (Wildman–Crippen MR) is 291 cm³/mol. The maximum absolute atomic E-state index is 13.4. The van der Waals surface area contributed by atoms with E-state index in [0.717, 1.165) is 23.9 Å². The number of methoxy groups -OCH3 is 2. The number of ether oxygens (including phenoxy) is 6. The number of aromatic nitrogens is 4. The van der Waals surface area contributed by atoms with Gasteiger partial charge < -0.3 is 37.5 Å². The van der Waals surface area contributed by atoms with E-state index in [1.165, 1.54) is 24.3 Å². The summed E-state index contributed by atoms with van der Waals surface area (Å²) < 4.78 is 115. The highest BCUT2D eigenvalue weighted by molar-refractivity contribution is 7.91. The molecular weight excluding hydrogens is 1060 g/mol. The van der Waals surface area contributed by atoms with Gasteiger partial charge in [0.2, 0.25) is 7.37 Å². The van der Waals surface area contributed by atoms with E-state index in [0.29, 0.717) is 76.8 Å². The summed E-state index contributed by atoms with van der Waals surface area (Å²) in [5.74, 6) is 1.94. The third-order valence-electron chi connectivity index (χ3n) is 10.8. The van der Waals surface area contributed by atoms with Crippen LogP contribution in [0.2, 0.25) is 0 Å². The van der Waals surface area contributed by atoms with Gasteiger partial charge in [-0.3, -0.25) is 23.5 Å². The van der Waals surface area contributed by atoms with Crippen LogP contribution in [0.3, 0.4) is 0 Å². The van der Waals surface area contributed by atoms with Gasteiger partial charge in [0.1, 0.15) is 60.1 Å². The molecule has 0 amide bonds. The lowest BCUT2D eigenvalue weighted by molar-refractivity contribution is 0.0914. The summed E-state index contributed by atoms with van der Waals surface area (Å²) in [5.41, 5.74) is 3.43. The SMILES string of the molecule is CCOP(C)(=O)Cn1nc(CC(=O)c2cc(Oc3ccc(S(C)(=O)=O)cc3)cc(O[C@@H](C)COC)c2)cc1C.COC[C@H](C)Oc1cc(Oc2ccc(S(C)(=O)=O)cc2)cc(C(=O)Cc2cc(C)nn2CP(C)(C)=O)c1. The molecule has 0 spiro atoms. The molecule has 0 bridgehead atoms. The molecule has 3 atom stereocenters. The number of aryl methyl sites for hydroxylation is 2. The predicted octanol–water partition coefficient (Wildman–Crippen LogP) is 9.93. The lowest BCUT2D eigenvalue weighted by Gasteiger charge is -2.16. The summed E-state index contributed by atoms with van der Waals surface area (Å²) in [6.07, 6.45) is 2.15. The zero-order valence-electron chi connectivity index (χ0n) is 45.0. The second kappa shape index (κ2) is 26.4. The fraction of sp³-hybridized carbons (Fsp3) is 0.396. The topological polar surface area (TPSA) is 237 Å². The molecule has 23 heteroatoms. The number of sulfone groups is 2. The second-order valence-corrected chi connectivity index (χ2v) is 28.9. The highest BCUT2D eigenvalue weighted by Crippen LogP contribution is 2.44. The van der Waals surface area contributed by atoms with Gasteiger partial charge in [0.25, 0.3) is 0 Å². The van der Waals surface area contributed by atoms with Gasteiger partial charge in [0.05, 0.1) is 60.1 Å². The van der Waals surface area contributed by atoms with Crippen LogP contribution in [0.1, 0.15) is 64.3 Å². The molecule has 0 N–H and O–H groups in total. The maximum Gasteiger partial charge on any atom is 0.220 e. The Morgan fingerprint density at radius 3 is 1.46 bits per heavy atom. The Bertz CT molecular complexity index is 3300. The van der Waals surface area contributed by atoms with Crippen LogP contribution in [0.25, 0.3) is 0 Å². The van der Waals surface area contributed by atoms with E-state index < -0.39 is 34.2 Å². The Morgan fingerprint density at radius 1 is 0.592 bits per heavy atom. The second-order valence-electron chi connectivity index (χ2n) is 18.9. The third-order valence-corrected chi connectivity index (χ3v) is 15.6. The highest BCUT2D eigenvalue weighted by Gasteiger charge is 2.22. The molecule has 0 saturated heterocycles. The van der Waals surface area contributed by atoms with Crippen LogP contribution in [0.4, 0.5) is 0 Å². The summed E-state index contributed by atoms with van der Waals surface area (Å²) >= 11 is 0. The Balaban J connectivity index is 0.000000281. The van der Waals surface area contributed by atoms with Gasteiger partial charge in [0, 0.05) is 68.0 Å². The van der Waals surface area contributed by atoms with E-state index in [1.54, 1.807) is 117 Å². The molecule has 0 fully saturated rings. The molecule has 0 radical (unpaired) electrons. The van der Waals surface area contributed by atoms with Crippen molar-refractivity contribution in [3.05, 3.63) is 131 Å². The molecule has 6 rings (SSSR count). The zero-order valence-corrected chi connectivity index (χ0v) is 48.4. The molecule has 76 heavy (non-hydrogen) atoms. The van der Waals surface area contributed by atoms with Gasteiger partial charge in [-0.05, 0) is 133 Å². The molecule has 1 unspecified atom stereocenters. The van der Waals surface area contributed by atoms with Crippen molar-refractivity contribution in [2.24, 2.45) is 0 Å². The first-order valence-electron chi connectivity index (χ1n) is 24.0. The smallest absolute Gasteiger partial charge is 0.220 e. The number of carbonyl (C=O) groups is 2. The third kappa shape index (κ3) is 19.3. The number of carbonyl (C=O) groups excluding carboxylic acids is 2. The average molecular weight is 1130 g/mol. The Hall–Kier alpha value is -5.92. The molecule has 2 aromatic heterocycles. The first kappa shape index (κ1) is 60.9. The summed E-state index contributed by atoms with van der Waals surface area (Å²) in [5, 5.41) is 8.88. The fourth-order valence-electron chi connectivity index (χ4n) is 7.59. The van der Waals surface area contributed by atoms with Crippen LogP contribution in [-0.4, -0.2) is 127 Å². The van der Waals surface area contributed by atoms with Crippen molar-refractivity contribution in [3.8, 4) is 34.5 Å². The van der Waals surface area contributed by atoms with Crippen molar-refractivity contribution in [3.63, 3.8) is 0 Å². The molecule has 6 aromatic rings. The van der Waals surface area contributed by atoms with Gasteiger partial charge in [-0.1, -0.05) is 0 Å².